The molecule has 4 heteroatoms. The second-order valence-electron chi connectivity index (χ2n) is 3.84. The van der Waals surface area contributed by atoms with Crippen LogP contribution in [0.4, 0.5) is 0 Å². The van der Waals surface area contributed by atoms with Crippen LogP contribution >= 0.6 is 24.2 Å². The van der Waals surface area contributed by atoms with Gasteiger partial charge in [-0.1, -0.05) is 6.07 Å². The Morgan fingerprint density at radius 1 is 1.44 bits per heavy atom. The zero-order valence-corrected chi connectivity index (χ0v) is 11.3. The van der Waals surface area contributed by atoms with Gasteiger partial charge in [0.15, 0.2) is 0 Å². The molecule has 0 amide bonds. The Balaban J connectivity index is 0.00000128. The number of thioether (sulfide) groups is 1. The van der Waals surface area contributed by atoms with E-state index >= 15 is 0 Å². The van der Waals surface area contributed by atoms with Crippen molar-refractivity contribution in [1.82, 2.24) is 5.32 Å². The largest absolute Gasteiger partial charge is 0.496 e. The fourth-order valence-corrected chi connectivity index (χ4v) is 2.09. The van der Waals surface area contributed by atoms with Crippen molar-refractivity contribution in [3.63, 3.8) is 0 Å². The quantitative estimate of drug-likeness (QED) is 0.821. The predicted octanol–water partition coefficient (Wildman–Crippen LogP) is 3.09. The van der Waals surface area contributed by atoms with Crippen molar-refractivity contribution in [3.05, 3.63) is 23.8 Å². The summed E-state index contributed by atoms with van der Waals surface area (Å²) in [5.41, 5.74) is 1.30. The molecule has 90 valence electrons. The van der Waals surface area contributed by atoms with Crippen molar-refractivity contribution in [3.8, 4) is 5.75 Å². The van der Waals surface area contributed by atoms with Crippen molar-refractivity contribution in [2.24, 2.45) is 0 Å². The first-order valence-corrected chi connectivity index (χ1v) is 6.50. The molecule has 2 rings (SSSR count). The van der Waals surface area contributed by atoms with E-state index in [0.29, 0.717) is 0 Å². The Hall–Kier alpha value is -0.380. The Bertz CT molecular complexity index is 342. The minimum absolute atomic E-state index is 0. The Morgan fingerprint density at radius 3 is 2.75 bits per heavy atom. The molecule has 0 bridgehead atoms. The molecule has 0 aromatic heterocycles. The topological polar surface area (TPSA) is 21.3 Å². The summed E-state index contributed by atoms with van der Waals surface area (Å²) >= 11 is 1.72. The molecule has 1 N–H and O–H groups in total. The Labute approximate surface area is 108 Å². The first-order valence-electron chi connectivity index (χ1n) is 5.28. The van der Waals surface area contributed by atoms with Gasteiger partial charge < -0.3 is 10.1 Å². The third-order valence-corrected chi connectivity index (χ3v) is 3.40. The van der Waals surface area contributed by atoms with Crippen molar-refractivity contribution in [1.29, 1.82) is 0 Å². The van der Waals surface area contributed by atoms with Gasteiger partial charge >= 0.3 is 0 Å². The van der Waals surface area contributed by atoms with E-state index in [9.17, 15) is 0 Å². The number of ether oxygens (including phenoxy) is 1. The van der Waals surface area contributed by atoms with Crippen LogP contribution in [0.25, 0.3) is 0 Å². The van der Waals surface area contributed by atoms with Crippen molar-refractivity contribution in [2.45, 2.75) is 30.3 Å². The molecular formula is C12H18ClNOS. The Morgan fingerprint density at radius 2 is 2.19 bits per heavy atom. The van der Waals surface area contributed by atoms with Crippen LogP contribution in [-0.4, -0.2) is 19.4 Å². The van der Waals surface area contributed by atoms with Gasteiger partial charge in [0.1, 0.15) is 5.75 Å². The summed E-state index contributed by atoms with van der Waals surface area (Å²) in [7, 11) is 1.73. The van der Waals surface area contributed by atoms with Gasteiger partial charge in [0, 0.05) is 17.5 Å². The zero-order valence-electron chi connectivity index (χ0n) is 9.66. The molecule has 0 spiro atoms. The fourth-order valence-electron chi connectivity index (χ4n) is 1.54. The Kier molecular flexibility index (Phi) is 5.46. The number of benzene rings is 1. The highest BCUT2D eigenvalue weighted by molar-refractivity contribution is 7.98. The van der Waals surface area contributed by atoms with Gasteiger partial charge in [0.2, 0.25) is 0 Å². The first-order chi connectivity index (χ1) is 7.33. The second-order valence-corrected chi connectivity index (χ2v) is 4.69. The molecule has 16 heavy (non-hydrogen) atoms. The van der Waals surface area contributed by atoms with Gasteiger partial charge in [0.05, 0.1) is 7.11 Å². The number of hydrogen-bond donors (Lipinski definition) is 1. The lowest BCUT2D eigenvalue weighted by molar-refractivity contribution is 0.404. The monoisotopic (exact) mass is 259 g/mol. The highest BCUT2D eigenvalue weighted by Crippen LogP contribution is 2.28. The number of methoxy groups -OCH3 is 1. The summed E-state index contributed by atoms with van der Waals surface area (Å²) < 4.78 is 5.35. The van der Waals surface area contributed by atoms with E-state index in [4.69, 9.17) is 4.74 Å². The lowest BCUT2D eigenvalue weighted by atomic mass is 10.2. The standard InChI is InChI=1S/C12H17NOS.ClH/c1-14-11-7-9(3-6-12(11)15-2)8-13-10-4-5-10;/h3,6-7,10,13H,4-5,8H2,1-2H3;1H. The maximum absolute atomic E-state index is 5.35. The van der Waals surface area contributed by atoms with Crippen molar-refractivity contribution in [2.75, 3.05) is 13.4 Å². The molecule has 0 saturated heterocycles. The molecule has 1 fully saturated rings. The van der Waals surface area contributed by atoms with Gasteiger partial charge in [-0.15, -0.1) is 24.2 Å². The molecule has 1 aromatic rings. The molecule has 0 unspecified atom stereocenters. The molecule has 1 aliphatic rings. The molecule has 1 aromatic carbocycles. The summed E-state index contributed by atoms with van der Waals surface area (Å²) in [6, 6.07) is 7.19. The molecule has 0 heterocycles. The van der Waals surface area contributed by atoms with E-state index in [1.807, 2.05) is 0 Å². The number of rotatable bonds is 5. The van der Waals surface area contributed by atoms with E-state index in [-0.39, 0.29) is 12.4 Å². The van der Waals surface area contributed by atoms with Crippen LogP contribution in [0, 0.1) is 0 Å². The third-order valence-electron chi connectivity index (χ3n) is 2.62. The molecule has 0 aliphatic heterocycles. The fraction of sp³-hybridized carbons (Fsp3) is 0.500. The van der Waals surface area contributed by atoms with E-state index in [2.05, 4.69) is 29.8 Å². The summed E-state index contributed by atoms with van der Waals surface area (Å²) in [5.74, 6) is 0.984. The maximum Gasteiger partial charge on any atom is 0.132 e. The minimum atomic E-state index is 0. The van der Waals surface area contributed by atoms with Crippen LogP contribution in [0.2, 0.25) is 0 Å². The normalized spacial score (nSPS) is 14.4. The average molecular weight is 260 g/mol. The van der Waals surface area contributed by atoms with Crippen molar-refractivity contribution < 1.29 is 4.74 Å². The lowest BCUT2D eigenvalue weighted by Crippen LogP contribution is -2.15. The smallest absolute Gasteiger partial charge is 0.132 e. The van der Waals surface area contributed by atoms with E-state index < -0.39 is 0 Å². The molecule has 1 saturated carbocycles. The van der Waals surface area contributed by atoms with Crippen LogP contribution in [0.3, 0.4) is 0 Å². The highest BCUT2D eigenvalue weighted by atomic mass is 35.5. The zero-order chi connectivity index (χ0) is 10.7. The lowest BCUT2D eigenvalue weighted by Gasteiger charge is -2.09. The van der Waals surface area contributed by atoms with E-state index in [1.165, 1.54) is 23.3 Å². The summed E-state index contributed by atoms with van der Waals surface area (Å²) in [6.45, 7) is 0.954. The molecule has 0 atom stereocenters. The van der Waals surface area contributed by atoms with Crippen molar-refractivity contribution >= 4 is 24.2 Å². The van der Waals surface area contributed by atoms with Gasteiger partial charge in [0.25, 0.3) is 0 Å². The van der Waals surface area contributed by atoms with Crippen LogP contribution in [0.15, 0.2) is 23.1 Å². The summed E-state index contributed by atoms with van der Waals surface area (Å²) in [4.78, 5) is 1.20. The van der Waals surface area contributed by atoms with Gasteiger partial charge in [-0.05, 0) is 36.8 Å². The van der Waals surface area contributed by atoms with Crippen LogP contribution in [0.5, 0.6) is 5.75 Å². The molecule has 0 radical (unpaired) electrons. The summed E-state index contributed by atoms with van der Waals surface area (Å²) in [5, 5.41) is 3.50. The maximum atomic E-state index is 5.35. The van der Waals surface area contributed by atoms with E-state index in [1.54, 1.807) is 18.9 Å². The van der Waals surface area contributed by atoms with Crippen LogP contribution < -0.4 is 10.1 Å². The first kappa shape index (κ1) is 13.7. The third kappa shape index (κ3) is 3.58. The second kappa shape index (κ2) is 6.38. The number of nitrogens with one attached hydrogen (secondary N) is 1. The van der Waals surface area contributed by atoms with Gasteiger partial charge in [-0.2, -0.15) is 0 Å². The molecular weight excluding hydrogens is 242 g/mol. The highest BCUT2D eigenvalue weighted by Gasteiger charge is 2.19. The van der Waals surface area contributed by atoms with Gasteiger partial charge in [-0.3, -0.25) is 0 Å². The average Bonchev–Trinajstić information content (AvgIpc) is 3.09. The number of hydrogen-bond acceptors (Lipinski definition) is 3. The predicted molar refractivity (Wildman–Crippen MR) is 71.9 cm³/mol. The summed E-state index contributed by atoms with van der Waals surface area (Å²) in [6.07, 6.45) is 4.74. The van der Waals surface area contributed by atoms with Crippen LogP contribution in [0.1, 0.15) is 18.4 Å². The van der Waals surface area contributed by atoms with E-state index in [0.717, 1.165) is 18.3 Å². The molecule has 1 aliphatic carbocycles. The number of halogens is 1. The molecule has 2 nitrogen and oxygen atoms in total. The SMILES string of the molecule is COc1cc(CNC2CC2)ccc1SC.Cl. The van der Waals surface area contributed by atoms with Gasteiger partial charge in [-0.25, -0.2) is 0 Å². The minimum Gasteiger partial charge on any atom is -0.496 e. The van der Waals surface area contributed by atoms with Crippen LogP contribution in [-0.2, 0) is 6.54 Å².